The van der Waals surface area contributed by atoms with Crippen LogP contribution in [0.3, 0.4) is 0 Å². The largest absolute Gasteiger partial charge is 0.494 e. The van der Waals surface area contributed by atoms with Gasteiger partial charge in [-0.3, -0.25) is 0 Å². The van der Waals surface area contributed by atoms with Crippen LogP contribution in [0.15, 0.2) is 28.7 Å². The van der Waals surface area contributed by atoms with Gasteiger partial charge >= 0.3 is 0 Å². The van der Waals surface area contributed by atoms with Crippen LogP contribution >= 0.6 is 0 Å². The number of benzene rings is 1. The highest BCUT2D eigenvalue weighted by atomic mass is 19.1. The molecule has 21 heavy (non-hydrogen) atoms. The fraction of sp³-hybridized carbons (Fsp3) is 0.412. The van der Waals surface area contributed by atoms with Crippen LogP contribution in [0, 0.1) is 19.7 Å². The molecule has 4 heteroatoms. The van der Waals surface area contributed by atoms with Gasteiger partial charge in [-0.05, 0) is 50.6 Å². The maximum Gasteiger partial charge on any atom is 0.165 e. The molecule has 0 saturated carbocycles. The summed E-state index contributed by atoms with van der Waals surface area (Å²) in [4.78, 5) is 0. The van der Waals surface area contributed by atoms with E-state index in [9.17, 15) is 4.39 Å². The number of aryl methyl sites for hydroxylation is 2. The van der Waals surface area contributed by atoms with E-state index in [1.54, 1.807) is 12.1 Å². The van der Waals surface area contributed by atoms with Gasteiger partial charge in [0, 0.05) is 5.56 Å². The van der Waals surface area contributed by atoms with Crippen molar-refractivity contribution < 1.29 is 13.5 Å². The first-order valence-corrected chi connectivity index (χ1v) is 7.20. The molecule has 1 heterocycles. The molecule has 0 bridgehead atoms. The van der Waals surface area contributed by atoms with Crippen molar-refractivity contribution >= 4 is 0 Å². The lowest BCUT2D eigenvalue weighted by Gasteiger charge is -2.19. The summed E-state index contributed by atoms with van der Waals surface area (Å²) in [5.41, 5.74) is 2.04. The van der Waals surface area contributed by atoms with Crippen molar-refractivity contribution in [1.82, 2.24) is 5.32 Å². The molecule has 2 rings (SSSR count). The summed E-state index contributed by atoms with van der Waals surface area (Å²) in [6.07, 6.45) is 1.02. The third-order valence-electron chi connectivity index (χ3n) is 3.50. The van der Waals surface area contributed by atoms with Gasteiger partial charge in [-0.2, -0.15) is 0 Å². The Morgan fingerprint density at radius 3 is 2.62 bits per heavy atom. The number of ether oxygens (including phenoxy) is 1. The average Bonchev–Trinajstić information content (AvgIpc) is 2.79. The molecule has 3 nitrogen and oxygen atoms in total. The second kappa shape index (κ2) is 6.76. The maximum atomic E-state index is 13.6. The molecule has 1 aromatic heterocycles. The molecule has 1 N–H and O–H groups in total. The monoisotopic (exact) mass is 291 g/mol. The third-order valence-corrected chi connectivity index (χ3v) is 3.50. The van der Waals surface area contributed by atoms with Crippen molar-refractivity contribution in [2.75, 3.05) is 13.7 Å². The molecule has 1 atom stereocenters. The molecule has 2 aromatic rings. The number of nitrogens with one attached hydrogen (secondary N) is 1. The Bertz CT molecular complexity index is 607. The number of hydrogen-bond acceptors (Lipinski definition) is 3. The van der Waals surface area contributed by atoms with Crippen LogP contribution < -0.4 is 10.1 Å². The molecule has 1 aromatic carbocycles. The van der Waals surface area contributed by atoms with Crippen molar-refractivity contribution in [3.8, 4) is 5.75 Å². The number of hydrogen-bond donors (Lipinski definition) is 1. The number of halogens is 1. The number of rotatable bonds is 6. The second-order valence-corrected chi connectivity index (χ2v) is 5.15. The first kappa shape index (κ1) is 15.6. The van der Waals surface area contributed by atoms with Gasteiger partial charge in [-0.25, -0.2) is 4.39 Å². The van der Waals surface area contributed by atoms with E-state index in [1.807, 2.05) is 19.9 Å². The molecule has 0 saturated heterocycles. The van der Waals surface area contributed by atoms with E-state index in [-0.39, 0.29) is 17.6 Å². The zero-order valence-corrected chi connectivity index (χ0v) is 13.0. The van der Waals surface area contributed by atoms with Crippen LogP contribution in [0.5, 0.6) is 5.75 Å². The predicted molar refractivity (Wildman–Crippen MR) is 81.3 cm³/mol. The van der Waals surface area contributed by atoms with E-state index in [0.717, 1.165) is 35.6 Å². The molecule has 0 amide bonds. The Kier molecular flexibility index (Phi) is 5.02. The predicted octanol–water partition coefficient (Wildman–Crippen LogP) is 4.13. The zero-order valence-electron chi connectivity index (χ0n) is 13.0. The van der Waals surface area contributed by atoms with Crippen molar-refractivity contribution in [2.45, 2.75) is 33.2 Å². The number of furan rings is 1. The molecular formula is C17H22FNO2. The summed E-state index contributed by atoms with van der Waals surface area (Å²) in [5.74, 6) is 1.66. The Morgan fingerprint density at radius 2 is 2.05 bits per heavy atom. The second-order valence-electron chi connectivity index (χ2n) is 5.15. The van der Waals surface area contributed by atoms with Crippen molar-refractivity contribution in [2.24, 2.45) is 0 Å². The molecule has 114 valence electrons. The summed E-state index contributed by atoms with van der Waals surface area (Å²) < 4.78 is 24.3. The lowest BCUT2D eigenvalue weighted by Crippen LogP contribution is -2.23. The van der Waals surface area contributed by atoms with E-state index in [1.165, 1.54) is 13.2 Å². The molecule has 1 unspecified atom stereocenters. The summed E-state index contributed by atoms with van der Waals surface area (Å²) in [7, 11) is 1.48. The summed E-state index contributed by atoms with van der Waals surface area (Å²) in [5, 5.41) is 3.49. The molecule has 0 radical (unpaired) electrons. The van der Waals surface area contributed by atoms with Crippen LogP contribution in [0.25, 0.3) is 0 Å². The maximum absolute atomic E-state index is 13.6. The van der Waals surface area contributed by atoms with Crippen LogP contribution in [0.2, 0.25) is 0 Å². The minimum absolute atomic E-state index is 0.0306. The zero-order chi connectivity index (χ0) is 15.4. The van der Waals surface area contributed by atoms with Gasteiger partial charge in [0.1, 0.15) is 11.5 Å². The molecule has 0 fully saturated rings. The minimum Gasteiger partial charge on any atom is -0.494 e. The summed E-state index contributed by atoms with van der Waals surface area (Å²) >= 11 is 0. The van der Waals surface area contributed by atoms with E-state index in [2.05, 4.69) is 12.2 Å². The van der Waals surface area contributed by atoms with E-state index >= 15 is 0 Å². The van der Waals surface area contributed by atoms with Gasteiger partial charge in [-0.15, -0.1) is 0 Å². The van der Waals surface area contributed by atoms with Gasteiger partial charge < -0.3 is 14.5 Å². The van der Waals surface area contributed by atoms with Gasteiger partial charge in [0.15, 0.2) is 11.6 Å². The smallest absolute Gasteiger partial charge is 0.165 e. The lowest BCUT2D eigenvalue weighted by molar-refractivity contribution is 0.385. The van der Waals surface area contributed by atoms with Gasteiger partial charge in [0.2, 0.25) is 0 Å². The Morgan fingerprint density at radius 1 is 1.29 bits per heavy atom. The standard InChI is InChI=1S/C17H22FNO2/c1-5-8-19-17(14-9-11(2)21-12(14)3)13-6-7-15(18)16(10-13)20-4/h6-7,9-10,17,19H,5,8H2,1-4H3. The number of methoxy groups -OCH3 is 1. The van der Waals surface area contributed by atoms with Crippen molar-refractivity contribution in [1.29, 1.82) is 0 Å². The topological polar surface area (TPSA) is 34.4 Å². The Hall–Kier alpha value is -1.81. The molecular weight excluding hydrogens is 269 g/mol. The van der Waals surface area contributed by atoms with Crippen molar-refractivity contribution in [3.05, 3.63) is 52.7 Å². The lowest BCUT2D eigenvalue weighted by atomic mass is 9.98. The van der Waals surface area contributed by atoms with E-state index in [4.69, 9.17) is 9.15 Å². The fourth-order valence-corrected chi connectivity index (χ4v) is 2.49. The highest BCUT2D eigenvalue weighted by Gasteiger charge is 2.20. The van der Waals surface area contributed by atoms with Crippen LogP contribution in [-0.2, 0) is 0 Å². The Balaban J connectivity index is 2.42. The van der Waals surface area contributed by atoms with E-state index in [0.29, 0.717) is 0 Å². The molecule has 0 aliphatic rings. The molecule has 0 aliphatic heterocycles. The summed E-state index contributed by atoms with van der Waals surface area (Å²) in [6.45, 7) is 6.86. The average molecular weight is 291 g/mol. The van der Waals surface area contributed by atoms with E-state index < -0.39 is 0 Å². The summed E-state index contributed by atoms with van der Waals surface area (Å²) in [6, 6.07) is 6.96. The normalized spacial score (nSPS) is 12.4. The Labute approximate surface area is 125 Å². The van der Waals surface area contributed by atoms with Gasteiger partial charge in [0.05, 0.1) is 13.2 Å². The highest BCUT2D eigenvalue weighted by molar-refractivity contribution is 5.39. The first-order chi connectivity index (χ1) is 10.1. The molecule has 0 spiro atoms. The quantitative estimate of drug-likeness (QED) is 0.869. The van der Waals surface area contributed by atoms with Crippen LogP contribution in [0.4, 0.5) is 4.39 Å². The van der Waals surface area contributed by atoms with Crippen molar-refractivity contribution in [3.63, 3.8) is 0 Å². The highest BCUT2D eigenvalue weighted by Crippen LogP contribution is 2.30. The minimum atomic E-state index is -0.351. The fourth-order valence-electron chi connectivity index (χ4n) is 2.49. The third kappa shape index (κ3) is 3.45. The van der Waals surface area contributed by atoms with Crippen LogP contribution in [-0.4, -0.2) is 13.7 Å². The van der Waals surface area contributed by atoms with Gasteiger partial charge in [0.25, 0.3) is 0 Å². The van der Waals surface area contributed by atoms with Crippen LogP contribution in [0.1, 0.15) is 42.0 Å². The molecule has 0 aliphatic carbocycles. The SMILES string of the molecule is CCCNC(c1ccc(F)c(OC)c1)c1cc(C)oc1C. The first-order valence-electron chi connectivity index (χ1n) is 7.20. The van der Waals surface area contributed by atoms with Gasteiger partial charge in [-0.1, -0.05) is 13.0 Å².